The van der Waals surface area contributed by atoms with Crippen molar-refractivity contribution in [1.82, 2.24) is 5.32 Å². The summed E-state index contributed by atoms with van der Waals surface area (Å²) in [6.45, 7) is 0.659. The normalized spacial score (nSPS) is 11.4. The molecular weight excluding hydrogens is 418 g/mol. The number of nitrogens with one attached hydrogen (secondary N) is 1. The van der Waals surface area contributed by atoms with Crippen LogP contribution in [-0.2, 0) is 38.6 Å². The largest absolute Gasteiger partial charge is 0.464 e. The van der Waals surface area contributed by atoms with Crippen molar-refractivity contribution >= 4 is 12.1 Å². The first kappa shape index (κ1) is 24.0. The van der Waals surface area contributed by atoms with E-state index in [4.69, 9.17) is 14.2 Å². The smallest absolute Gasteiger partial charge is 0.408 e. The molecule has 0 aliphatic rings. The molecule has 0 aliphatic heterocycles. The molecule has 0 saturated heterocycles. The van der Waals surface area contributed by atoms with Gasteiger partial charge < -0.3 is 19.5 Å². The van der Waals surface area contributed by atoms with Crippen molar-refractivity contribution in [2.45, 2.75) is 32.1 Å². The van der Waals surface area contributed by atoms with Crippen LogP contribution in [0, 0.1) is 0 Å². The van der Waals surface area contributed by atoms with E-state index in [1.54, 1.807) is 0 Å². The Bertz CT molecular complexity index is 964. The van der Waals surface area contributed by atoms with Crippen molar-refractivity contribution in [3.63, 3.8) is 0 Å². The summed E-state index contributed by atoms with van der Waals surface area (Å²) in [6.07, 6.45) is 0.787. The van der Waals surface area contributed by atoms with Gasteiger partial charge in [0.1, 0.15) is 6.61 Å². The van der Waals surface area contributed by atoms with Crippen molar-refractivity contribution in [2.24, 2.45) is 0 Å². The van der Waals surface area contributed by atoms with Gasteiger partial charge in [-0.2, -0.15) is 0 Å². The molecular formula is C27H29NO5. The summed E-state index contributed by atoms with van der Waals surface area (Å²) < 4.78 is 16.3. The van der Waals surface area contributed by atoms with E-state index in [0.717, 1.165) is 17.5 Å². The Kier molecular flexibility index (Phi) is 9.97. The lowest BCUT2D eigenvalue weighted by molar-refractivity contribution is -0.148. The van der Waals surface area contributed by atoms with Crippen LogP contribution in [0.25, 0.3) is 0 Å². The number of alkyl carbamates (subject to hydrolysis) is 1. The molecule has 1 amide bonds. The quantitative estimate of drug-likeness (QED) is 0.323. The Morgan fingerprint density at radius 3 is 1.85 bits per heavy atom. The fourth-order valence-corrected chi connectivity index (χ4v) is 3.14. The van der Waals surface area contributed by atoms with Crippen LogP contribution < -0.4 is 5.32 Å². The highest BCUT2D eigenvalue weighted by atomic mass is 16.6. The highest BCUT2D eigenvalue weighted by Gasteiger charge is 2.23. The van der Waals surface area contributed by atoms with Crippen LogP contribution in [0.15, 0.2) is 91.0 Å². The molecule has 6 nitrogen and oxygen atoms in total. The minimum absolute atomic E-state index is 0.0210. The number of benzene rings is 3. The average Bonchev–Trinajstić information content (AvgIpc) is 2.86. The van der Waals surface area contributed by atoms with Crippen LogP contribution in [0.4, 0.5) is 4.79 Å². The van der Waals surface area contributed by atoms with Gasteiger partial charge in [-0.1, -0.05) is 91.0 Å². The molecule has 1 atom stereocenters. The van der Waals surface area contributed by atoms with Crippen molar-refractivity contribution in [3.05, 3.63) is 108 Å². The fourth-order valence-electron chi connectivity index (χ4n) is 3.14. The zero-order valence-corrected chi connectivity index (χ0v) is 18.5. The van der Waals surface area contributed by atoms with Gasteiger partial charge in [0.25, 0.3) is 0 Å². The van der Waals surface area contributed by atoms with E-state index in [2.05, 4.69) is 5.32 Å². The molecule has 3 aromatic rings. The highest BCUT2D eigenvalue weighted by Crippen LogP contribution is 2.06. The van der Waals surface area contributed by atoms with E-state index in [0.29, 0.717) is 13.0 Å². The third-order valence-electron chi connectivity index (χ3n) is 4.88. The van der Waals surface area contributed by atoms with Gasteiger partial charge in [0.05, 0.1) is 19.8 Å². The predicted molar refractivity (Wildman–Crippen MR) is 125 cm³/mol. The summed E-state index contributed by atoms with van der Waals surface area (Å²) in [7, 11) is 0. The van der Waals surface area contributed by atoms with E-state index in [1.165, 1.54) is 5.56 Å². The molecule has 0 spiro atoms. The average molecular weight is 448 g/mol. The first-order valence-corrected chi connectivity index (χ1v) is 11.0. The van der Waals surface area contributed by atoms with Gasteiger partial charge in [-0.3, -0.25) is 0 Å². The molecule has 0 bridgehead atoms. The maximum Gasteiger partial charge on any atom is 0.408 e. The Balaban J connectivity index is 1.48. The first-order chi connectivity index (χ1) is 16.2. The van der Waals surface area contributed by atoms with E-state index >= 15 is 0 Å². The van der Waals surface area contributed by atoms with Gasteiger partial charge in [-0.15, -0.1) is 0 Å². The standard InChI is InChI=1S/C27H29NO5/c29-26(32-18-10-17-22-11-4-1-5-12-22)25(21-31-19-23-13-6-2-7-14-23)28-27(30)33-20-24-15-8-3-9-16-24/h1-9,11-16,25H,10,17-21H2,(H,28,30)/t25-/m0/s1. The van der Waals surface area contributed by atoms with Crippen LogP contribution in [0.3, 0.4) is 0 Å². The number of carbonyl (C=O) groups excluding carboxylic acids is 2. The topological polar surface area (TPSA) is 73.9 Å². The van der Waals surface area contributed by atoms with Gasteiger partial charge in [0, 0.05) is 0 Å². The molecule has 6 heteroatoms. The molecule has 0 unspecified atom stereocenters. The molecule has 0 saturated carbocycles. The summed E-state index contributed by atoms with van der Waals surface area (Å²) in [5.41, 5.74) is 3.01. The van der Waals surface area contributed by atoms with E-state index in [9.17, 15) is 9.59 Å². The second-order valence-electron chi connectivity index (χ2n) is 7.52. The number of hydrogen-bond donors (Lipinski definition) is 1. The van der Waals surface area contributed by atoms with Gasteiger partial charge in [-0.25, -0.2) is 9.59 Å². The summed E-state index contributed by atoms with van der Waals surface area (Å²) in [6, 6.07) is 28.0. The van der Waals surface area contributed by atoms with Crippen LogP contribution in [-0.4, -0.2) is 31.3 Å². The van der Waals surface area contributed by atoms with Crippen molar-refractivity contribution < 1.29 is 23.8 Å². The Morgan fingerprint density at radius 1 is 0.697 bits per heavy atom. The van der Waals surface area contributed by atoms with Gasteiger partial charge in [-0.05, 0) is 29.5 Å². The second-order valence-corrected chi connectivity index (χ2v) is 7.52. The SMILES string of the molecule is O=C(N[C@@H](COCc1ccccc1)C(=O)OCCCc1ccccc1)OCc1ccccc1. The number of hydrogen-bond acceptors (Lipinski definition) is 5. The number of aryl methyl sites for hydroxylation is 1. The Hall–Kier alpha value is -3.64. The summed E-state index contributed by atoms with van der Waals surface area (Å²) in [4.78, 5) is 24.9. The summed E-state index contributed by atoms with van der Waals surface area (Å²) >= 11 is 0. The fraction of sp³-hybridized carbons (Fsp3) is 0.259. The monoisotopic (exact) mass is 447 g/mol. The lowest BCUT2D eigenvalue weighted by atomic mass is 10.1. The van der Waals surface area contributed by atoms with Crippen LogP contribution in [0.5, 0.6) is 0 Å². The third kappa shape index (κ3) is 9.17. The second kappa shape index (κ2) is 13.7. The van der Waals surface area contributed by atoms with Gasteiger partial charge in [0.15, 0.2) is 6.04 Å². The molecule has 172 valence electrons. The maximum atomic E-state index is 12.6. The molecule has 3 aromatic carbocycles. The molecule has 0 aromatic heterocycles. The zero-order chi connectivity index (χ0) is 23.1. The molecule has 0 aliphatic carbocycles. The van der Waals surface area contributed by atoms with Crippen molar-refractivity contribution in [3.8, 4) is 0 Å². The number of amides is 1. The van der Waals surface area contributed by atoms with Crippen molar-refractivity contribution in [1.29, 1.82) is 0 Å². The van der Waals surface area contributed by atoms with Crippen LogP contribution in [0.2, 0.25) is 0 Å². The van der Waals surface area contributed by atoms with E-state index in [1.807, 2.05) is 91.0 Å². The highest BCUT2D eigenvalue weighted by molar-refractivity contribution is 5.81. The molecule has 33 heavy (non-hydrogen) atoms. The maximum absolute atomic E-state index is 12.6. The number of carbonyl (C=O) groups is 2. The van der Waals surface area contributed by atoms with Crippen molar-refractivity contribution in [2.75, 3.05) is 13.2 Å². The van der Waals surface area contributed by atoms with Crippen LogP contribution in [0.1, 0.15) is 23.1 Å². The number of esters is 1. The molecule has 0 fully saturated rings. The lowest BCUT2D eigenvalue weighted by Crippen LogP contribution is -2.45. The van der Waals surface area contributed by atoms with Gasteiger partial charge >= 0.3 is 12.1 Å². The Morgan fingerprint density at radius 2 is 1.24 bits per heavy atom. The molecule has 0 heterocycles. The first-order valence-electron chi connectivity index (χ1n) is 11.0. The van der Waals surface area contributed by atoms with E-state index < -0.39 is 18.1 Å². The molecule has 0 radical (unpaired) electrons. The van der Waals surface area contributed by atoms with Crippen LogP contribution >= 0.6 is 0 Å². The predicted octanol–water partition coefficient (Wildman–Crippen LogP) is 4.67. The summed E-state index contributed by atoms with van der Waals surface area (Å²) in [5, 5.41) is 2.57. The number of ether oxygens (including phenoxy) is 3. The third-order valence-corrected chi connectivity index (χ3v) is 4.88. The van der Waals surface area contributed by atoms with E-state index in [-0.39, 0.29) is 19.8 Å². The molecule has 1 N–H and O–H groups in total. The minimum atomic E-state index is -0.964. The molecule has 3 rings (SSSR count). The minimum Gasteiger partial charge on any atom is -0.464 e. The Labute approximate surface area is 194 Å². The van der Waals surface area contributed by atoms with Gasteiger partial charge in [0.2, 0.25) is 0 Å². The summed E-state index contributed by atoms with van der Waals surface area (Å²) in [5.74, 6) is -0.548. The number of rotatable bonds is 12. The lowest BCUT2D eigenvalue weighted by Gasteiger charge is -2.18. The zero-order valence-electron chi connectivity index (χ0n) is 18.5.